The first kappa shape index (κ1) is 20.6. The van der Waals surface area contributed by atoms with Crippen molar-refractivity contribution in [2.45, 2.75) is 25.9 Å². The smallest absolute Gasteiger partial charge is 0.191 e. The molecule has 0 aromatic carbocycles. The fourth-order valence-corrected chi connectivity index (χ4v) is 4.35. The Kier molecular flexibility index (Phi) is 7.38. The van der Waals surface area contributed by atoms with Gasteiger partial charge >= 0.3 is 0 Å². The van der Waals surface area contributed by atoms with E-state index < -0.39 is 9.84 Å². The number of pyridine rings is 1. The predicted molar refractivity (Wildman–Crippen MR) is 112 cm³/mol. The van der Waals surface area contributed by atoms with Crippen LogP contribution in [0.1, 0.15) is 18.9 Å². The van der Waals surface area contributed by atoms with Crippen LogP contribution in [0.5, 0.6) is 0 Å². The molecule has 0 aliphatic carbocycles. The SMILES string of the molecule is CCNC(=NCc1ccnc(-n2cccn2)c1)NC1CCS(=O)(=O)C1.I. The number of guanidine groups is 1. The summed E-state index contributed by atoms with van der Waals surface area (Å²) >= 11 is 0. The number of aromatic nitrogens is 3. The number of hydrogen-bond acceptors (Lipinski definition) is 5. The summed E-state index contributed by atoms with van der Waals surface area (Å²) in [6, 6.07) is 5.59. The molecule has 2 aromatic rings. The van der Waals surface area contributed by atoms with Crippen LogP contribution in [0.25, 0.3) is 5.82 Å². The summed E-state index contributed by atoms with van der Waals surface area (Å²) in [5.74, 6) is 1.76. The monoisotopic (exact) mass is 490 g/mol. The van der Waals surface area contributed by atoms with Crippen LogP contribution in [-0.2, 0) is 16.4 Å². The van der Waals surface area contributed by atoms with Gasteiger partial charge in [-0.2, -0.15) is 5.10 Å². The number of hydrogen-bond donors (Lipinski definition) is 2. The van der Waals surface area contributed by atoms with Gasteiger partial charge in [0, 0.05) is 31.2 Å². The average Bonchev–Trinajstić information content (AvgIpc) is 3.23. The molecule has 0 amide bonds. The highest BCUT2D eigenvalue weighted by Gasteiger charge is 2.28. The number of aliphatic imine (C=N–C) groups is 1. The molecule has 1 fully saturated rings. The zero-order valence-corrected chi connectivity index (χ0v) is 17.6. The van der Waals surface area contributed by atoms with Crippen molar-refractivity contribution in [3.05, 3.63) is 42.4 Å². The maximum Gasteiger partial charge on any atom is 0.191 e. The van der Waals surface area contributed by atoms with Crippen LogP contribution in [-0.4, -0.2) is 53.2 Å². The van der Waals surface area contributed by atoms with E-state index in [4.69, 9.17) is 0 Å². The van der Waals surface area contributed by atoms with Crippen LogP contribution >= 0.6 is 24.0 Å². The Morgan fingerprint density at radius 3 is 2.92 bits per heavy atom. The Morgan fingerprint density at radius 1 is 1.42 bits per heavy atom. The topological polar surface area (TPSA) is 101 Å². The minimum absolute atomic E-state index is 0. The molecule has 2 N–H and O–H groups in total. The molecule has 0 spiro atoms. The third kappa shape index (κ3) is 5.66. The quantitative estimate of drug-likeness (QED) is 0.370. The van der Waals surface area contributed by atoms with Crippen LogP contribution in [0.4, 0.5) is 0 Å². The molecule has 3 heterocycles. The van der Waals surface area contributed by atoms with Gasteiger partial charge < -0.3 is 10.6 Å². The van der Waals surface area contributed by atoms with Crippen molar-refractivity contribution < 1.29 is 8.42 Å². The molecule has 1 unspecified atom stereocenters. The second-order valence-electron chi connectivity index (χ2n) is 5.91. The van der Waals surface area contributed by atoms with E-state index in [0.717, 1.165) is 11.4 Å². The highest BCUT2D eigenvalue weighted by Crippen LogP contribution is 2.11. The second-order valence-corrected chi connectivity index (χ2v) is 8.14. The fourth-order valence-electron chi connectivity index (χ4n) is 2.68. The number of halogens is 1. The van der Waals surface area contributed by atoms with E-state index in [1.807, 2.05) is 31.3 Å². The number of rotatable bonds is 5. The second kappa shape index (κ2) is 9.31. The molecule has 26 heavy (non-hydrogen) atoms. The highest BCUT2D eigenvalue weighted by molar-refractivity contribution is 14.0. The van der Waals surface area contributed by atoms with Crippen LogP contribution in [0.2, 0.25) is 0 Å². The van der Waals surface area contributed by atoms with Gasteiger partial charge in [-0.25, -0.2) is 23.1 Å². The van der Waals surface area contributed by atoms with E-state index in [9.17, 15) is 8.42 Å². The molecule has 10 heteroatoms. The van der Waals surface area contributed by atoms with Gasteiger partial charge in [-0.1, -0.05) is 0 Å². The Bertz CT molecular complexity index is 838. The molecular formula is C16H23IN6O2S. The van der Waals surface area contributed by atoms with Crippen LogP contribution in [0.15, 0.2) is 41.8 Å². The number of nitrogens with one attached hydrogen (secondary N) is 2. The molecule has 2 aromatic heterocycles. The molecule has 3 rings (SSSR count). The van der Waals surface area contributed by atoms with Crippen LogP contribution < -0.4 is 10.6 Å². The van der Waals surface area contributed by atoms with Crippen molar-refractivity contribution in [1.29, 1.82) is 0 Å². The van der Waals surface area contributed by atoms with Gasteiger partial charge in [0.1, 0.15) is 0 Å². The van der Waals surface area contributed by atoms with Crippen molar-refractivity contribution in [2.75, 3.05) is 18.1 Å². The number of nitrogens with zero attached hydrogens (tertiary/aromatic N) is 4. The van der Waals surface area contributed by atoms with Crippen molar-refractivity contribution >= 4 is 39.8 Å². The minimum atomic E-state index is -2.92. The van der Waals surface area contributed by atoms with Gasteiger partial charge in [0.05, 0.1) is 18.1 Å². The van der Waals surface area contributed by atoms with Crippen LogP contribution in [0, 0.1) is 0 Å². The Hall–Kier alpha value is -1.69. The molecule has 0 bridgehead atoms. The molecule has 142 valence electrons. The lowest BCUT2D eigenvalue weighted by Gasteiger charge is -2.15. The van der Waals surface area contributed by atoms with Crippen molar-refractivity contribution in [1.82, 2.24) is 25.4 Å². The van der Waals surface area contributed by atoms with Crippen molar-refractivity contribution in [3.63, 3.8) is 0 Å². The van der Waals surface area contributed by atoms with E-state index in [1.54, 1.807) is 17.1 Å². The standard InChI is InChI=1S/C16H22N6O2S.HI/c1-2-17-16(21-14-5-9-25(23,24)12-14)19-11-13-4-7-18-15(10-13)22-8-3-6-20-22;/h3-4,6-8,10,14H,2,5,9,11-12H2,1H3,(H2,17,19,21);1H. The Balaban J connectivity index is 0.00000243. The third-order valence-corrected chi connectivity index (χ3v) is 5.65. The Morgan fingerprint density at radius 2 is 2.27 bits per heavy atom. The van der Waals surface area contributed by atoms with Gasteiger partial charge in [0.25, 0.3) is 0 Å². The maximum absolute atomic E-state index is 11.6. The zero-order chi connectivity index (χ0) is 17.7. The molecule has 1 saturated heterocycles. The minimum Gasteiger partial charge on any atom is -0.357 e. The molecular weight excluding hydrogens is 467 g/mol. The summed E-state index contributed by atoms with van der Waals surface area (Å²) in [5, 5.41) is 10.5. The highest BCUT2D eigenvalue weighted by atomic mass is 127. The van der Waals surface area contributed by atoms with Gasteiger partial charge in [0.2, 0.25) is 0 Å². The summed E-state index contributed by atoms with van der Waals surface area (Å²) in [5.41, 5.74) is 0.997. The van der Waals surface area contributed by atoms with E-state index in [1.165, 1.54) is 0 Å². The summed E-state index contributed by atoms with van der Waals surface area (Å²) in [7, 11) is -2.92. The van der Waals surface area contributed by atoms with Crippen LogP contribution in [0.3, 0.4) is 0 Å². The fraction of sp³-hybridized carbons (Fsp3) is 0.438. The van der Waals surface area contributed by atoms with Gasteiger partial charge in [-0.05, 0) is 37.1 Å². The van der Waals surface area contributed by atoms with E-state index in [-0.39, 0.29) is 41.5 Å². The molecule has 8 nitrogen and oxygen atoms in total. The van der Waals surface area contributed by atoms with E-state index >= 15 is 0 Å². The summed E-state index contributed by atoms with van der Waals surface area (Å²) in [4.78, 5) is 8.86. The lowest BCUT2D eigenvalue weighted by atomic mass is 10.2. The summed E-state index contributed by atoms with van der Waals surface area (Å²) < 4.78 is 24.9. The first-order valence-electron chi connectivity index (χ1n) is 8.26. The molecule has 1 aliphatic heterocycles. The van der Waals surface area contributed by atoms with Crippen molar-refractivity contribution in [3.8, 4) is 5.82 Å². The summed E-state index contributed by atoms with van der Waals surface area (Å²) in [6.45, 7) is 3.15. The predicted octanol–water partition coefficient (Wildman–Crippen LogP) is 1.13. The molecule has 1 aliphatic rings. The normalized spacial score (nSPS) is 19.0. The third-order valence-electron chi connectivity index (χ3n) is 3.89. The lowest BCUT2D eigenvalue weighted by molar-refractivity contribution is 0.599. The average molecular weight is 490 g/mol. The van der Waals surface area contributed by atoms with E-state index in [0.29, 0.717) is 25.5 Å². The molecule has 0 radical (unpaired) electrons. The van der Waals surface area contributed by atoms with Crippen molar-refractivity contribution in [2.24, 2.45) is 4.99 Å². The van der Waals surface area contributed by atoms with Gasteiger partial charge in [0.15, 0.2) is 21.6 Å². The first-order chi connectivity index (χ1) is 12.1. The van der Waals surface area contributed by atoms with Gasteiger partial charge in [-0.15, -0.1) is 24.0 Å². The zero-order valence-electron chi connectivity index (χ0n) is 14.5. The first-order valence-corrected chi connectivity index (χ1v) is 10.1. The molecule has 1 atom stereocenters. The lowest BCUT2D eigenvalue weighted by Crippen LogP contribution is -2.44. The number of sulfone groups is 1. The maximum atomic E-state index is 11.6. The molecule has 0 saturated carbocycles. The van der Waals surface area contributed by atoms with Gasteiger partial charge in [-0.3, -0.25) is 0 Å². The largest absolute Gasteiger partial charge is 0.357 e. The Labute approximate surface area is 170 Å². The summed E-state index contributed by atoms with van der Waals surface area (Å²) in [6.07, 6.45) is 5.88. The van der Waals surface area contributed by atoms with E-state index in [2.05, 4.69) is 25.7 Å².